The van der Waals surface area contributed by atoms with Crippen LogP contribution in [0.15, 0.2) is 60.7 Å². The van der Waals surface area contributed by atoms with Crippen LogP contribution in [-0.2, 0) is 6.42 Å². The molecule has 0 saturated carbocycles. The molecule has 0 bridgehead atoms. The maximum absolute atomic E-state index is 9.94. The lowest BCUT2D eigenvalue weighted by Gasteiger charge is -2.22. The zero-order chi connectivity index (χ0) is 23.7. The SMILES string of the molecule is COc1ccc(-c2nc3ccccc3n2-c2c(CC(C)C)cccc2C(C)C)cc1B(O)O. The zero-order valence-electron chi connectivity index (χ0n) is 19.9. The van der Waals surface area contributed by atoms with Crippen LogP contribution in [0.3, 0.4) is 0 Å². The van der Waals surface area contributed by atoms with Crippen molar-refractivity contribution in [3.63, 3.8) is 0 Å². The second-order valence-corrected chi connectivity index (χ2v) is 9.20. The van der Waals surface area contributed by atoms with Crippen molar-refractivity contribution in [2.75, 3.05) is 7.11 Å². The lowest BCUT2D eigenvalue weighted by atomic mass is 9.78. The maximum atomic E-state index is 9.94. The van der Waals surface area contributed by atoms with Crippen molar-refractivity contribution in [1.29, 1.82) is 0 Å². The van der Waals surface area contributed by atoms with Gasteiger partial charge in [0.25, 0.3) is 0 Å². The van der Waals surface area contributed by atoms with Crippen LogP contribution in [-0.4, -0.2) is 33.8 Å². The van der Waals surface area contributed by atoms with E-state index in [-0.39, 0.29) is 0 Å². The van der Waals surface area contributed by atoms with E-state index in [1.54, 1.807) is 12.1 Å². The van der Waals surface area contributed by atoms with E-state index in [4.69, 9.17) is 9.72 Å². The third kappa shape index (κ3) is 4.41. The average Bonchev–Trinajstić information content (AvgIpc) is 3.17. The summed E-state index contributed by atoms with van der Waals surface area (Å²) in [4.78, 5) is 4.99. The zero-order valence-corrected chi connectivity index (χ0v) is 19.9. The molecule has 0 aliphatic carbocycles. The number of imidazole rings is 1. The van der Waals surface area contributed by atoms with E-state index >= 15 is 0 Å². The highest BCUT2D eigenvalue weighted by Gasteiger charge is 2.23. The van der Waals surface area contributed by atoms with Gasteiger partial charge in [0.1, 0.15) is 11.6 Å². The Bertz CT molecular complexity index is 1280. The fourth-order valence-corrected chi connectivity index (χ4v) is 4.48. The molecule has 5 nitrogen and oxygen atoms in total. The van der Waals surface area contributed by atoms with Crippen molar-refractivity contribution < 1.29 is 14.8 Å². The Balaban J connectivity index is 2.08. The summed E-state index contributed by atoms with van der Waals surface area (Å²) in [5, 5.41) is 19.9. The van der Waals surface area contributed by atoms with Gasteiger partial charge in [-0.2, -0.15) is 0 Å². The number of hydrogen-bond donors (Lipinski definition) is 2. The van der Waals surface area contributed by atoms with Gasteiger partial charge in [-0.15, -0.1) is 0 Å². The molecule has 170 valence electrons. The van der Waals surface area contributed by atoms with Crippen molar-refractivity contribution in [2.24, 2.45) is 5.92 Å². The minimum atomic E-state index is -1.64. The van der Waals surface area contributed by atoms with Crippen molar-refractivity contribution >= 4 is 23.6 Å². The Morgan fingerprint density at radius 1 is 0.970 bits per heavy atom. The predicted molar refractivity (Wildman–Crippen MR) is 136 cm³/mol. The summed E-state index contributed by atoms with van der Waals surface area (Å²) in [5.41, 5.74) is 6.71. The highest BCUT2D eigenvalue weighted by Crippen LogP contribution is 2.35. The standard InChI is InChI=1S/C27H31BN2O3/c1-17(2)15-19-9-8-10-21(18(3)4)26(19)30-24-12-7-6-11-23(24)29-27(30)20-13-14-25(33-5)22(16-20)28(31)32/h6-14,16-18,31-32H,15H2,1-5H3. The third-order valence-electron chi connectivity index (χ3n) is 5.95. The van der Waals surface area contributed by atoms with Crippen LogP contribution in [0.25, 0.3) is 28.1 Å². The molecule has 33 heavy (non-hydrogen) atoms. The number of hydrogen-bond acceptors (Lipinski definition) is 4. The number of nitrogens with zero attached hydrogens (tertiary/aromatic N) is 2. The highest BCUT2D eigenvalue weighted by molar-refractivity contribution is 6.59. The molecule has 0 spiro atoms. The Kier molecular flexibility index (Phi) is 6.59. The summed E-state index contributed by atoms with van der Waals surface area (Å²) in [6.07, 6.45) is 0.949. The molecular weight excluding hydrogens is 411 g/mol. The van der Waals surface area contributed by atoms with E-state index in [9.17, 15) is 10.0 Å². The molecule has 0 amide bonds. The molecule has 2 N–H and O–H groups in total. The molecule has 0 radical (unpaired) electrons. The van der Waals surface area contributed by atoms with Crippen LogP contribution in [0.5, 0.6) is 5.75 Å². The van der Waals surface area contributed by atoms with Crippen LogP contribution < -0.4 is 10.2 Å². The van der Waals surface area contributed by atoms with Crippen molar-refractivity contribution in [3.05, 3.63) is 71.8 Å². The first kappa shape index (κ1) is 23.1. The van der Waals surface area contributed by atoms with Gasteiger partial charge in [0.2, 0.25) is 0 Å². The van der Waals surface area contributed by atoms with E-state index in [1.807, 2.05) is 24.3 Å². The Labute approximate surface area is 195 Å². The number of ether oxygens (including phenoxy) is 1. The minimum Gasteiger partial charge on any atom is -0.497 e. The van der Waals surface area contributed by atoms with Crippen molar-refractivity contribution in [3.8, 4) is 22.8 Å². The van der Waals surface area contributed by atoms with Gasteiger partial charge in [0, 0.05) is 11.0 Å². The predicted octanol–water partition coefficient (Wildman–Crippen LogP) is 4.70. The van der Waals surface area contributed by atoms with Gasteiger partial charge < -0.3 is 14.8 Å². The van der Waals surface area contributed by atoms with Gasteiger partial charge in [0.15, 0.2) is 0 Å². The number of aromatic nitrogens is 2. The number of fused-ring (bicyclic) bond motifs is 1. The molecule has 6 heteroatoms. The Morgan fingerprint density at radius 3 is 2.39 bits per heavy atom. The average molecular weight is 442 g/mol. The summed E-state index contributed by atoms with van der Waals surface area (Å²) < 4.78 is 7.57. The van der Waals surface area contributed by atoms with E-state index in [2.05, 4.69) is 56.5 Å². The molecular formula is C27H31BN2O3. The monoisotopic (exact) mass is 442 g/mol. The lowest BCUT2D eigenvalue weighted by Crippen LogP contribution is -2.31. The van der Waals surface area contributed by atoms with Crippen LogP contribution in [0.2, 0.25) is 0 Å². The maximum Gasteiger partial charge on any atom is 0.492 e. The summed E-state index contributed by atoms with van der Waals surface area (Å²) >= 11 is 0. The molecule has 0 aliphatic heterocycles. The summed E-state index contributed by atoms with van der Waals surface area (Å²) in [6.45, 7) is 8.89. The number of rotatable bonds is 7. The van der Waals surface area contributed by atoms with E-state index in [0.29, 0.717) is 23.0 Å². The molecule has 0 fully saturated rings. The first-order valence-corrected chi connectivity index (χ1v) is 11.5. The number of methoxy groups -OCH3 is 1. The van der Waals surface area contributed by atoms with E-state index in [1.165, 1.54) is 18.2 Å². The number of benzene rings is 3. The van der Waals surface area contributed by atoms with Gasteiger partial charge >= 0.3 is 7.12 Å². The quantitative estimate of drug-likeness (QED) is 0.407. The van der Waals surface area contributed by atoms with Crippen LogP contribution in [0.1, 0.15) is 44.7 Å². The fourth-order valence-electron chi connectivity index (χ4n) is 4.48. The first-order chi connectivity index (χ1) is 15.8. The van der Waals surface area contributed by atoms with Gasteiger partial charge in [-0.25, -0.2) is 4.98 Å². The summed E-state index contributed by atoms with van der Waals surface area (Å²) in [5.74, 6) is 2.02. The summed E-state index contributed by atoms with van der Waals surface area (Å²) in [7, 11) is -0.120. The normalized spacial score (nSPS) is 11.5. The van der Waals surface area contributed by atoms with Gasteiger partial charge in [0.05, 0.1) is 23.8 Å². The molecule has 0 atom stereocenters. The van der Waals surface area contributed by atoms with Gasteiger partial charge in [-0.1, -0.05) is 58.0 Å². The Morgan fingerprint density at radius 2 is 1.73 bits per heavy atom. The second kappa shape index (κ2) is 9.42. The third-order valence-corrected chi connectivity index (χ3v) is 5.95. The molecule has 0 saturated heterocycles. The molecule has 0 aliphatic rings. The van der Waals surface area contributed by atoms with Crippen LogP contribution >= 0.6 is 0 Å². The Hall–Kier alpha value is -3.09. The molecule has 4 aromatic rings. The van der Waals surface area contributed by atoms with Crippen molar-refractivity contribution in [2.45, 2.75) is 40.0 Å². The van der Waals surface area contributed by atoms with Gasteiger partial charge in [-0.3, -0.25) is 4.57 Å². The molecule has 3 aromatic carbocycles. The lowest BCUT2D eigenvalue weighted by molar-refractivity contribution is 0.403. The van der Waals surface area contributed by atoms with E-state index in [0.717, 1.165) is 34.5 Å². The van der Waals surface area contributed by atoms with Crippen molar-refractivity contribution in [1.82, 2.24) is 9.55 Å². The molecule has 4 rings (SSSR count). The van der Waals surface area contributed by atoms with Crippen LogP contribution in [0.4, 0.5) is 0 Å². The topological polar surface area (TPSA) is 67.5 Å². The number of para-hydroxylation sites is 3. The summed E-state index contributed by atoms with van der Waals surface area (Å²) in [6, 6.07) is 20.1. The van der Waals surface area contributed by atoms with E-state index < -0.39 is 7.12 Å². The van der Waals surface area contributed by atoms with Crippen LogP contribution in [0, 0.1) is 5.92 Å². The molecule has 1 heterocycles. The highest BCUT2D eigenvalue weighted by atomic mass is 16.5. The first-order valence-electron chi connectivity index (χ1n) is 11.5. The smallest absolute Gasteiger partial charge is 0.492 e. The van der Waals surface area contributed by atoms with Gasteiger partial charge in [-0.05, 0) is 59.7 Å². The fraction of sp³-hybridized carbons (Fsp3) is 0.296. The molecule has 0 unspecified atom stereocenters. The second-order valence-electron chi connectivity index (χ2n) is 9.20. The molecule has 1 aromatic heterocycles. The minimum absolute atomic E-state index is 0.313. The largest absolute Gasteiger partial charge is 0.497 e.